The first-order valence-electron chi connectivity index (χ1n) is 22.0. The number of hydrogen-bond acceptors (Lipinski definition) is 10. The third-order valence-electron chi connectivity index (χ3n) is 14.8. The van der Waals surface area contributed by atoms with Gasteiger partial charge in [-0.25, -0.2) is 0 Å². The van der Waals surface area contributed by atoms with Crippen LogP contribution in [0.15, 0.2) is 0 Å². The molecule has 10 nitrogen and oxygen atoms in total. The van der Waals surface area contributed by atoms with Crippen LogP contribution in [-0.4, -0.2) is 98.4 Å². The van der Waals surface area contributed by atoms with Crippen LogP contribution in [0.25, 0.3) is 0 Å². The zero-order chi connectivity index (χ0) is 39.1. The molecule has 0 amide bonds. The van der Waals surface area contributed by atoms with Crippen molar-refractivity contribution in [1.29, 1.82) is 0 Å². The number of carbonyl (C=O) groups is 1. The van der Waals surface area contributed by atoms with Gasteiger partial charge in [0.15, 0.2) is 5.79 Å². The number of esters is 1. The maximum atomic E-state index is 14.1. The fraction of sp³-hybridized carbons (Fsp3) is 0.977. The zero-order valence-corrected chi connectivity index (χ0v) is 35.7. The highest BCUT2D eigenvalue weighted by molar-refractivity contribution is 5.72. The molecule has 6 fully saturated rings. The number of hydrogen-bond donors (Lipinski definition) is 0. The van der Waals surface area contributed by atoms with Crippen LogP contribution in [0.5, 0.6) is 0 Å². The van der Waals surface area contributed by atoms with Crippen LogP contribution in [0.3, 0.4) is 0 Å². The van der Waals surface area contributed by atoms with Crippen molar-refractivity contribution in [2.45, 2.75) is 212 Å². The predicted octanol–water partition coefficient (Wildman–Crippen LogP) is 8.40. The Labute approximate surface area is 327 Å². The van der Waals surface area contributed by atoms with E-state index in [2.05, 4.69) is 62.3 Å². The molecular formula is C44H76O10. The molecule has 0 saturated carbocycles. The summed E-state index contributed by atoms with van der Waals surface area (Å²) in [7, 11) is 1.69. The number of fused-ring (bicyclic) bond motifs is 11. The van der Waals surface area contributed by atoms with Gasteiger partial charge in [-0.2, -0.15) is 0 Å². The highest BCUT2D eigenvalue weighted by atomic mass is 16.7. The smallest absolute Gasteiger partial charge is 0.311 e. The van der Waals surface area contributed by atoms with Crippen LogP contribution in [0.2, 0.25) is 0 Å². The van der Waals surface area contributed by atoms with Gasteiger partial charge in [-0.3, -0.25) is 4.79 Å². The molecule has 0 N–H and O–H groups in total. The molecule has 312 valence electrons. The van der Waals surface area contributed by atoms with E-state index in [-0.39, 0.29) is 78.8 Å². The van der Waals surface area contributed by atoms with Crippen molar-refractivity contribution in [3.63, 3.8) is 0 Å². The van der Waals surface area contributed by atoms with Crippen molar-refractivity contribution in [2.75, 3.05) is 26.9 Å². The molecule has 6 saturated heterocycles. The van der Waals surface area contributed by atoms with Gasteiger partial charge >= 0.3 is 5.97 Å². The molecule has 54 heavy (non-hydrogen) atoms. The minimum atomic E-state index is -1.07. The molecule has 0 aromatic carbocycles. The number of ether oxygens (including phenoxy) is 9. The first-order chi connectivity index (χ1) is 25.7. The standard InChI is InChI=1S/C44H76O10/c1-12-15-21-47-34-25-43-20-19-41(10,54-43)35-17-18-42(14-3,51-35)39-28(5)24-33(50-39)36-27(4)23-29(6)44(53-36,49-22-16-13-2)26-48-40(45)32(9)37(46-11)31(8)38(52-43)30(34)7/h27-39H,12-26H2,1-11H3. The maximum Gasteiger partial charge on any atom is 0.311 e. The first-order valence-corrected chi connectivity index (χ1v) is 22.0. The largest absolute Gasteiger partial charge is 0.460 e. The van der Waals surface area contributed by atoms with Gasteiger partial charge in [0.25, 0.3) is 0 Å². The molecule has 17 unspecified atom stereocenters. The lowest BCUT2D eigenvalue weighted by Crippen LogP contribution is -2.58. The summed E-state index contributed by atoms with van der Waals surface area (Å²) in [5, 5.41) is 0. The van der Waals surface area contributed by atoms with Crippen molar-refractivity contribution in [2.24, 2.45) is 35.5 Å². The van der Waals surface area contributed by atoms with Crippen molar-refractivity contribution < 1.29 is 47.4 Å². The van der Waals surface area contributed by atoms with Gasteiger partial charge in [-0.1, -0.05) is 68.2 Å². The molecule has 17 atom stereocenters. The van der Waals surface area contributed by atoms with Crippen LogP contribution >= 0.6 is 0 Å². The van der Waals surface area contributed by atoms with E-state index in [0.717, 1.165) is 70.6 Å². The third kappa shape index (κ3) is 8.08. The van der Waals surface area contributed by atoms with Gasteiger partial charge in [-0.15, -0.1) is 0 Å². The highest BCUT2D eigenvalue weighted by Gasteiger charge is 2.63. The average molecular weight is 765 g/mol. The van der Waals surface area contributed by atoms with Gasteiger partial charge in [0, 0.05) is 44.3 Å². The second-order valence-electron chi connectivity index (χ2n) is 18.8. The lowest BCUT2D eigenvalue weighted by molar-refractivity contribution is -0.345. The summed E-state index contributed by atoms with van der Waals surface area (Å²) in [5.74, 6) is -2.31. The Morgan fingerprint density at radius 2 is 1.57 bits per heavy atom. The Balaban J connectivity index is 1.37. The Bertz CT molecular complexity index is 1250. The monoisotopic (exact) mass is 765 g/mol. The number of methoxy groups -OCH3 is 1. The van der Waals surface area contributed by atoms with Gasteiger partial charge in [-0.05, 0) is 77.0 Å². The summed E-state index contributed by atoms with van der Waals surface area (Å²) >= 11 is 0. The molecule has 0 aliphatic carbocycles. The molecular weight excluding hydrogens is 688 g/mol. The molecule has 6 rings (SSSR count). The summed E-state index contributed by atoms with van der Waals surface area (Å²) in [6.07, 6.45) is 9.44. The Morgan fingerprint density at radius 1 is 0.833 bits per heavy atom. The lowest BCUT2D eigenvalue weighted by Gasteiger charge is -2.50. The van der Waals surface area contributed by atoms with E-state index in [4.69, 9.17) is 42.6 Å². The average Bonchev–Trinajstić information content (AvgIpc) is 3.86. The van der Waals surface area contributed by atoms with E-state index in [9.17, 15) is 4.79 Å². The SMILES string of the molecule is CCCCOC1CC23CCC(C)(O2)C2CCC(CC)(O2)C2OC(CC2C)C2OC(OCCCC)(COC(=O)C(C)C(OC)C(C)C(O3)C1C)C(C)CC2C. The first kappa shape index (κ1) is 42.7. The lowest BCUT2D eigenvalue weighted by atomic mass is 9.78. The number of unbranched alkanes of at least 4 members (excludes halogenated alkanes) is 2. The van der Waals surface area contributed by atoms with Crippen LogP contribution in [0.4, 0.5) is 0 Å². The van der Waals surface area contributed by atoms with E-state index >= 15 is 0 Å². The molecule has 6 aliphatic heterocycles. The van der Waals surface area contributed by atoms with Crippen LogP contribution < -0.4 is 0 Å². The van der Waals surface area contributed by atoms with Crippen LogP contribution in [-0.2, 0) is 47.4 Å². The molecule has 0 aromatic rings. The molecule has 9 bridgehead atoms. The fourth-order valence-electron chi connectivity index (χ4n) is 11.4. The van der Waals surface area contributed by atoms with Gasteiger partial charge < -0.3 is 42.6 Å². The number of carbonyl (C=O) groups excluding carboxylic acids is 1. The summed E-state index contributed by atoms with van der Waals surface area (Å²) in [5.41, 5.74) is -0.935. The molecule has 10 heteroatoms. The van der Waals surface area contributed by atoms with Crippen LogP contribution in [0, 0.1) is 35.5 Å². The third-order valence-corrected chi connectivity index (χ3v) is 14.8. The predicted molar refractivity (Wildman–Crippen MR) is 206 cm³/mol. The molecule has 6 aliphatic rings. The molecule has 6 heterocycles. The van der Waals surface area contributed by atoms with Crippen molar-refractivity contribution in [3.05, 3.63) is 0 Å². The van der Waals surface area contributed by atoms with Crippen molar-refractivity contribution in [1.82, 2.24) is 0 Å². The normalized spacial score (nSPS) is 49.8. The Kier molecular flexibility index (Phi) is 13.6. The Hall–Kier alpha value is -0.850. The number of rotatable bonds is 10. The summed E-state index contributed by atoms with van der Waals surface area (Å²) < 4.78 is 61.9. The van der Waals surface area contributed by atoms with Crippen LogP contribution in [0.1, 0.15) is 146 Å². The highest BCUT2D eigenvalue weighted by Crippen LogP contribution is 2.55. The summed E-state index contributed by atoms with van der Waals surface area (Å²) in [6.45, 7) is 23.1. The van der Waals surface area contributed by atoms with E-state index in [0.29, 0.717) is 19.6 Å². The summed E-state index contributed by atoms with van der Waals surface area (Å²) in [6, 6.07) is 0. The number of cyclic esters (lactones) is 1. The van der Waals surface area contributed by atoms with E-state index in [1.165, 1.54) is 0 Å². The Morgan fingerprint density at radius 3 is 2.28 bits per heavy atom. The van der Waals surface area contributed by atoms with Crippen molar-refractivity contribution in [3.8, 4) is 0 Å². The quantitative estimate of drug-likeness (QED) is 0.123. The fourth-order valence-corrected chi connectivity index (χ4v) is 11.4. The molecule has 0 radical (unpaired) electrons. The van der Waals surface area contributed by atoms with Crippen molar-refractivity contribution >= 4 is 5.97 Å². The van der Waals surface area contributed by atoms with E-state index < -0.39 is 34.8 Å². The molecule has 0 aromatic heterocycles. The minimum Gasteiger partial charge on any atom is -0.460 e. The zero-order valence-electron chi connectivity index (χ0n) is 35.7. The van der Waals surface area contributed by atoms with Gasteiger partial charge in [0.05, 0.1) is 66.5 Å². The van der Waals surface area contributed by atoms with E-state index in [1.807, 2.05) is 6.92 Å². The van der Waals surface area contributed by atoms with Gasteiger partial charge in [0.1, 0.15) is 6.61 Å². The second-order valence-corrected chi connectivity index (χ2v) is 18.8. The van der Waals surface area contributed by atoms with E-state index in [1.54, 1.807) is 7.11 Å². The maximum absolute atomic E-state index is 14.1. The molecule has 1 spiro atoms. The van der Waals surface area contributed by atoms with Gasteiger partial charge in [0.2, 0.25) is 5.79 Å². The topological polar surface area (TPSA) is 100 Å². The second kappa shape index (κ2) is 17.2. The minimum absolute atomic E-state index is 0.0165. The summed E-state index contributed by atoms with van der Waals surface area (Å²) in [4.78, 5) is 14.1.